The minimum Gasteiger partial charge on any atom is -0.383 e. The fourth-order valence-corrected chi connectivity index (χ4v) is 2.58. The number of nitrogens with zero attached hydrogens (tertiary/aromatic N) is 3. The molecule has 0 spiro atoms. The van der Waals surface area contributed by atoms with E-state index in [0.717, 1.165) is 0 Å². The van der Waals surface area contributed by atoms with E-state index in [0.29, 0.717) is 48.5 Å². The monoisotopic (exact) mass is 359 g/mol. The first kappa shape index (κ1) is 20.1. The molecule has 0 aliphatic heterocycles. The molecule has 0 aliphatic rings. The van der Waals surface area contributed by atoms with Crippen LogP contribution in [0.1, 0.15) is 50.8 Å². The van der Waals surface area contributed by atoms with E-state index in [1.165, 1.54) is 0 Å². The summed E-state index contributed by atoms with van der Waals surface area (Å²) in [5.74, 6) is 1.30. The lowest BCUT2D eigenvalue weighted by molar-refractivity contribution is 0.0673. The quantitative estimate of drug-likeness (QED) is 0.752. The van der Waals surface area contributed by atoms with Crippen molar-refractivity contribution in [3.63, 3.8) is 0 Å². The van der Waals surface area contributed by atoms with Gasteiger partial charge in [0.05, 0.1) is 17.7 Å². The number of ether oxygens (including phenoxy) is 1. The van der Waals surface area contributed by atoms with Crippen molar-refractivity contribution in [1.82, 2.24) is 15.0 Å². The molecular formula is C20H29N3O3. The van der Waals surface area contributed by atoms with Gasteiger partial charge in [0.2, 0.25) is 0 Å². The maximum atomic E-state index is 13.2. The second-order valence-corrected chi connectivity index (χ2v) is 7.86. The molecule has 2 aromatic rings. The molecule has 0 saturated carbocycles. The highest BCUT2D eigenvalue weighted by molar-refractivity contribution is 6.00. The van der Waals surface area contributed by atoms with E-state index in [1.807, 2.05) is 43.9 Å². The van der Waals surface area contributed by atoms with Gasteiger partial charge in [0.15, 0.2) is 5.82 Å². The Morgan fingerprint density at radius 2 is 1.96 bits per heavy atom. The first-order chi connectivity index (χ1) is 12.2. The van der Waals surface area contributed by atoms with Gasteiger partial charge >= 0.3 is 0 Å². The third-order valence-electron chi connectivity index (χ3n) is 3.92. The number of amides is 1. The summed E-state index contributed by atoms with van der Waals surface area (Å²) in [6.45, 7) is 11.9. The fraction of sp³-hybridized carbons (Fsp3) is 0.550. The predicted octanol–water partition coefficient (Wildman–Crippen LogP) is 3.78. The predicted molar refractivity (Wildman–Crippen MR) is 101 cm³/mol. The van der Waals surface area contributed by atoms with Gasteiger partial charge in [-0.15, -0.1) is 0 Å². The Morgan fingerprint density at radius 3 is 2.54 bits per heavy atom. The molecule has 0 bridgehead atoms. The summed E-state index contributed by atoms with van der Waals surface area (Å²) in [4.78, 5) is 19.5. The number of methoxy groups -OCH3 is 1. The van der Waals surface area contributed by atoms with Crippen LogP contribution in [0.25, 0.3) is 11.5 Å². The van der Waals surface area contributed by atoms with Crippen LogP contribution in [0.4, 0.5) is 0 Å². The van der Waals surface area contributed by atoms with Crippen molar-refractivity contribution in [1.29, 1.82) is 0 Å². The lowest BCUT2D eigenvalue weighted by Gasteiger charge is -2.25. The SMILES string of the molecule is COCCN(CC(C)C)C(=O)c1ccccc1-c1nc(C(C)(C)C)no1. The highest BCUT2D eigenvalue weighted by atomic mass is 16.5. The van der Waals surface area contributed by atoms with Crippen LogP contribution in [-0.2, 0) is 10.2 Å². The zero-order valence-corrected chi connectivity index (χ0v) is 16.6. The summed E-state index contributed by atoms with van der Waals surface area (Å²) in [7, 11) is 1.64. The van der Waals surface area contributed by atoms with E-state index in [1.54, 1.807) is 13.2 Å². The highest BCUT2D eigenvalue weighted by Gasteiger charge is 2.25. The van der Waals surface area contributed by atoms with Gasteiger partial charge in [-0.25, -0.2) is 0 Å². The van der Waals surface area contributed by atoms with E-state index in [-0.39, 0.29) is 11.3 Å². The van der Waals surface area contributed by atoms with Gasteiger partial charge in [-0.2, -0.15) is 4.98 Å². The van der Waals surface area contributed by atoms with E-state index in [9.17, 15) is 4.79 Å². The Hall–Kier alpha value is -2.21. The van der Waals surface area contributed by atoms with Gasteiger partial charge in [-0.3, -0.25) is 4.79 Å². The summed E-state index contributed by atoms with van der Waals surface area (Å²) >= 11 is 0. The average molecular weight is 359 g/mol. The van der Waals surface area contributed by atoms with E-state index in [4.69, 9.17) is 9.26 Å². The Labute approximate surface area is 155 Å². The average Bonchev–Trinajstić information content (AvgIpc) is 3.08. The molecule has 2 rings (SSSR count). The molecule has 6 nitrogen and oxygen atoms in total. The van der Waals surface area contributed by atoms with Crippen LogP contribution in [0.2, 0.25) is 0 Å². The second-order valence-electron chi connectivity index (χ2n) is 7.86. The van der Waals surface area contributed by atoms with Crippen molar-refractivity contribution < 1.29 is 14.1 Å². The number of hydrogen-bond acceptors (Lipinski definition) is 5. The molecule has 26 heavy (non-hydrogen) atoms. The van der Waals surface area contributed by atoms with Crippen molar-refractivity contribution in [2.24, 2.45) is 5.92 Å². The molecular weight excluding hydrogens is 330 g/mol. The van der Waals surface area contributed by atoms with Gasteiger partial charge in [0.25, 0.3) is 11.8 Å². The summed E-state index contributed by atoms with van der Waals surface area (Å²) in [5.41, 5.74) is 1.00. The molecule has 0 atom stereocenters. The van der Waals surface area contributed by atoms with Gasteiger partial charge in [-0.05, 0) is 18.1 Å². The molecule has 0 saturated heterocycles. The number of rotatable bonds is 7. The summed E-state index contributed by atoms with van der Waals surface area (Å²) in [6, 6.07) is 7.37. The normalized spacial score (nSPS) is 11.8. The smallest absolute Gasteiger partial charge is 0.258 e. The van der Waals surface area contributed by atoms with Crippen molar-refractivity contribution in [2.75, 3.05) is 26.8 Å². The molecule has 0 N–H and O–H groups in total. The lowest BCUT2D eigenvalue weighted by atomic mass is 9.96. The Kier molecular flexibility index (Phi) is 6.53. The highest BCUT2D eigenvalue weighted by Crippen LogP contribution is 2.27. The summed E-state index contributed by atoms with van der Waals surface area (Å²) in [6.07, 6.45) is 0. The Bertz CT molecular complexity index is 732. The molecule has 6 heteroatoms. The zero-order valence-electron chi connectivity index (χ0n) is 16.6. The fourth-order valence-electron chi connectivity index (χ4n) is 2.58. The van der Waals surface area contributed by atoms with Crippen LogP contribution >= 0.6 is 0 Å². The second kappa shape index (κ2) is 8.45. The molecule has 1 aromatic carbocycles. The third-order valence-corrected chi connectivity index (χ3v) is 3.92. The third kappa shape index (κ3) is 4.91. The van der Waals surface area contributed by atoms with Crippen molar-refractivity contribution >= 4 is 5.91 Å². The minimum absolute atomic E-state index is 0.0538. The van der Waals surface area contributed by atoms with E-state index < -0.39 is 0 Å². The Balaban J connectivity index is 2.37. The first-order valence-electron chi connectivity index (χ1n) is 8.95. The summed E-state index contributed by atoms with van der Waals surface area (Å²) in [5, 5.41) is 4.08. The van der Waals surface area contributed by atoms with Gasteiger partial charge < -0.3 is 14.2 Å². The first-order valence-corrected chi connectivity index (χ1v) is 8.95. The Morgan fingerprint density at radius 1 is 1.27 bits per heavy atom. The number of aromatic nitrogens is 2. The molecule has 0 radical (unpaired) electrons. The molecule has 1 heterocycles. The lowest BCUT2D eigenvalue weighted by Crippen LogP contribution is -2.37. The van der Waals surface area contributed by atoms with Gasteiger partial charge in [0.1, 0.15) is 0 Å². The van der Waals surface area contributed by atoms with E-state index >= 15 is 0 Å². The van der Waals surface area contributed by atoms with Gasteiger partial charge in [-0.1, -0.05) is 51.9 Å². The molecule has 0 unspecified atom stereocenters. The zero-order chi connectivity index (χ0) is 19.3. The molecule has 1 aromatic heterocycles. The maximum Gasteiger partial charge on any atom is 0.258 e. The molecule has 0 fully saturated rings. The van der Waals surface area contributed by atoms with Crippen molar-refractivity contribution in [3.8, 4) is 11.5 Å². The number of carbonyl (C=O) groups is 1. The summed E-state index contributed by atoms with van der Waals surface area (Å²) < 4.78 is 10.6. The van der Waals surface area contributed by atoms with Crippen molar-refractivity contribution in [2.45, 2.75) is 40.0 Å². The van der Waals surface area contributed by atoms with Crippen LogP contribution in [0.3, 0.4) is 0 Å². The van der Waals surface area contributed by atoms with Gasteiger partial charge in [0, 0.05) is 25.6 Å². The number of benzene rings is 1. The van der Waals surface area contributed by atoms with Crippen LogP contribution in [-0.4, -0.2) is 47.8 Å². The van der Waals surface area contributed by atoms with Crippen LogP contribution in [0, 0.1) is 5.92 Å². The maximum absolute atomic E-state index is 13.2. The van der Waals surface area contributed by atoms with Crippen molar-refractivity contribution in [3.05, 3.63) is 35.7 Å². The van der Waals surface area contributed by atoms with Crippen LogP contribution in [0.5, 0.6) is 0 Å². The van der Waals surface area contributed by atoms with Crippen LogP contribution in [0.15, 0.2) is 28.8 Å². The largest absolute Gasteiger partial charge is 0.383 e. The molecule has 0 aliphatic carbocycles. The number of hydrogen-bond donors (Lipinski definition) is 0. The molecule has 1 amide bonds. The number of carbonyl (C=O) groups excluding carboxylic acids is 1. The standard InChI is InChI=1S/C20H29N3O3/c1-14(2)13-23(11-12-25-6)18(24)16-10-8-7-9-15(16)17-21-19(22-26-17)20(3,4)5/h7-10,14H,11-13H2,1-6H3. The molecule has 142 valence electrons. The minimum atomic E-state index is -0.219. The van der Waals surface area contributed by atoms with Crippen LogP contribution < -0.4 is 0 Å². The van der Waals surface area contributed by atoms with E-state index in [2.05, 4.69) is 24.0 Å². The topological polar surface area (TPSA) is 68.5 Å².